The number of hydrogen-bond acceptors (Lipinski definition) is 4. The molecule has 1 aromatic carbocycles. The number of hydrogen-bond donors (Lipinski definition) is 2. The largest absolute Gasteiger partial charge is 0.508 e. The summed E-state index contributed by atoms with van der Waals surface area (Å²) in [6.07, 6.45) is 0. The van der Waals surface area contributed by atoms with Crippen molar-refractivity contribution in [2.45, 2.75) is 27.3 Å². The molecule has 0 radical (unpaired) electrons. The van der Waals surface area contributed by atoms with Crippen LogP contribution in [0.3, 0.4) is 0 Å². The summed E-state index contributed by atoms with van der Waals surface area (Å²) in [5.41, 5.74) is 3.01. The first kappa shape index (κ1) is 12.5. The summed E-state index contributed by atoms with van der Waals surface area (Å²) in [7, 11) is 0. The number of nitrogens with one attached hydrogen (secondary N) is 1. The predicted octanol–water partition coefficient (Wildman–Crippen LogP) is 1.99. The van der Waals surface area contributed by atoms with Gasteiger partial charge in [-0.15, -0.1) is 5.48 Å². The minimum absolute atomic E-state index is 0.218. The van der Waals surface area contributed by atoms with E-state index in [4.69, 9.17) is 9.94 Å². The predicted molar refractivity (Wildman–Crippen MR) is 60.5 cm³/mol. The Morgan fingerprint density at radius 2 is 1.88 bits per heavy atom. The standard InChI is InChI=1S/C12H17NO3/c1-12(2,3)11(15)16-13-8-9-4-6-10(14)7-5-9/h4-7,13-14H,8H2,1-3H3. The van der Waals surface area contributed by atoms with Crippen molar-refractivity contribution < 1.29 is 14.7 Å². The number of phenols is 1. The number of phenolic OH excluding ortho intramolecular Hbond substituents is 1. The normalized spacial score (nSPS) is 11.2. The Balaban J connectivity index is 2.36. The number of rotatable bonds is 3. The van der Waals surface area contributed by atoms with Crippen LogP contribution in [0.4, 0.5) is 0 Å². The van der Waals surface area contributed by atoms with E-state index in [1.807, 2.05) is 0 Å². The summed E-state index contributed by atoms with van der Waals surface area (Å²) in [6.45, 7) is 5.79. The lowest BCUT2D eigenvalue weighted by atomic mass is 9.98. The summed E-state index contributed by atoms with van der Waals surface area (Å²) in [6, 6.07) is 6.69. The lowest BCUT2D eigenvalue weighted by Crippen LogP contribution is -2.29. The molecule has 0 heterocycles. The molecular weight excluding hydrogens is 206 g/mol. The highest BCUT2D eigenvalue weighted by Gasteiger charge is 2.23. The maximum atomic E-state index is 11.4. The molecule has 4 nitrogen and oxygen atoms in total. The van der Waals surface area contributed by atoms with Crippen LogP contribution in [0, 0.1) is 5.41 Å². The maximum absolute atomic E-state index is 11.4. The van der Waals surface area contributed by atoms with E-state index in [0.717, 1.165) is 5.56 Å². The van der Waals surface area contributed by atoms with Crippen LogP contribution in [0.1, 0.15) is 26.3 Å². The van der Waals surface area contributed by atoms with Crippen molar-refractivity contribution >= 4 is 5.97 Å². The topological polar surface area (TPSA) is 58.6 Å². The number of hydroxylamine groups is 1. The molecule has 0 bridgehead atoms. The second-order valence-electron chi connectivity index (χ2n) is 4.63. The van der Waals surface area contributed by atoms with Gasteiger partial charge in [-0.05, 0) is 38.5 Å². The van der Waals surface area contributed by atoms with Crippen molar-refractivity contribution in [2.75, 3.05) is 0 Å². The third kappa shape index (κ3) is 3.90. The Labute approximate surface area is 95.2 Å². The van der Waals surface area contributed by atoms with Gasteiger partial charge in [-0.2, -0.15) is 0 Å². The fraction of sp³-hybridized carbons (Fsp3) is 0.417. The Kier molecular flexibility index (Phi) is 3.90. The smallest absolute Gasteiger partial charge is 0.329 e. The zero-order valence-corrected chi connectivity index (χ0v) is 9.78. The van der Waals surface area contributed by atoms with Crippen molar-refractivity contribution in [3.05, 3.63) is 29.8 Å². The average Bonchev–Trinajstić information content (AvgIpc) is 2.19. The van der Waals surface area contributed by atoms with Crippen LogP contribution in [0.5, 0.6) is 5.75 Å². The Hall–Kier alpha value is -1.55. The van der Waals surface area contributed by atoms with E-state index in [1.54, 1.807) is 45.0 Å². The van der Waals surface area contributed by atoms with E-state index in [1.165, 1.54) is 0 Å². The van der Waals surface area contributed by atoms with Gasteiger partial charge in [-0.1, -0.05) is 12.1 Å². The third-order valence-electron chi connectivity index (χ3n) is 1.99. The first-order chi connectivity index (χ1) is 7.39. The highest BCUT2D eigenvalue weighted by Crippen LogP contribution is 2.14. The van der Waals surface area contributed by atoms with Crippen LogP contribution < -0.4 is 5.48 Å². The molecule has 0 aliphatic rings. The lowest BCUT2D eigenvalue weighted by Gasteiger charge is -2.16. The van der Waals surface area contributed by atoms with Gasteiger partial charge in [0.25, 0.3) is 0 Å². The van der Waals surface area contributed by atoms with Crippen molar-refractivity contribution in [1.29, 1.82) is 0 Å². The summed E-state index contributed by atoms with van der Waals surface area (Å²) in [5, 5.41) is 9.07. The summed E-state index contributed by atoms with van der Waals surface area (Å²) in [4.78, 5) is 16.3. The molecule has 0 amide bonds. The van der Waals surface area contributed by atoms with Gasteiger partial charge in [-0.3, -0.25) is 0 Å². The van der Waals surface area contributed by atoms with Gasteiger partial charge in [0.1, 0.15) is 5.75 Å². The van der Waals surface area contributed by atoms with Crippen LogP contribution in [0.25, 0.3) is 0 Å². The van der Waals surface area contributed by atoms with Crippen LogP contribution in [0.2, 0.25) is 0 Å². The van der Waals surface area contributed by atoms with Crippen molar-refractivity contribution in [3.8, 4) is 5.75 Å². The van der Waals surface area contributed by atoms with Gasteiger partial charge in [0.15, 0.2) is 0 Å². The monoisotopic (exact) mass is 223 g/mol. The molecule has 0 aliphatic heterocycles. The second-order valence-corrected chi connectivity index (χ2v) is 4.63. The molecule has 4 heteroatoms. The molecule has 0 unspecified atom stereocenters. The summed E-state index contributed by atoms with van der Waals surface area (Å²) >= 11 is 0. The first-order valence-corrected chi connectivity index (χ1v) is 5.11. The fourth-order valence-electron chi connectivity index (χ4n) is 0.952. The molecule has 0 aliphatic carbocycles. The van der Waals surface area contributed by atoms with Crippen LogP contribution in [0.15, 0.2) is 24.3 Å². The van der Waals surface area contributed by atoms with Crippen LogP contribution in [-0.4, -0.2) is 11.1 Å². The highest BCUT2D eigenvalue weighted by molar-refractivity contribution is 5.75. The quantitative estimate of drug-likeness (QED) is 0.769. The number of carbonyl (C=O) groups excluding carboxylic acids is 1. The summed E-state index contributed by atoms with van der Waals surface area (Å²) < 4.78 is 0. The molecular formula is C12H17NO3. The van der Waals surface area contributed by atoms with Crippen molar-refractivity contribution in [1.82, 2.24) is 5.48 Å². The average molecular weight is 223 g/mol. The SMILES string of the molecule is CC(C)(C)C(=O)ONCc1ccc(O)cc1. The van der Waals surface area contributed by atoms with E-state index in [9.17, 15) is 4.79 Å². The van der Waals surface area contributed by atoms with E-state index < -0.39 is 5.41 Å². The number of benzene rings is 1. The Morgan fingerprint density at radius 1 is 1.31 bits per heavy atom. The molecule has 16 heavy (non-hydrogen) atoms. The molecule has 0 saturated carbocycles. The molecule has 88 valence electrons. The molecule has 2 N–H and O–H groups in total. The third-order valence-corrected chi connectivity index (χ3v) is 1.99. The molecule has 1 aromatic rings. The van der Waals surface area contributed by atoms with E-state index in [0.29, 0.717) is 6.54 Å². The Morgan fingerprint density at radius 3 is 2.38 bits per heavy atom. The second kappa shape index (κ2) is 4.99. The fourth-order valence-corrected chi connectivity index (χ4v) is 0.952. The minimum atomic E-state index is -0.512. The van der Waals surface area contributed by atoms with Crippen LogP contribution in [-0.2, 0) is 16.2 Å². The zero-order valence-electron chi connectivity index (χ0n) is 9.78. The molecule has 1 rings (SSSR count). The molecule has 0 saturated heterocycles. The van der Waals surface area contributed by atoms with Crippen LogP contribution >= 0.6 is 0 Å². The van der Waals surface area contributed by atoms with E-state index in [-0.39, 0.29) is 11.7 Å². The number of carbonyl (C=O) groups is 1. The number of aromatic hydroxyl groups is 1. The molecule has 0 fully saturated rings. The minimum Gasteiger partial charge on any atom is -0.508 e. The van der Waals surface area contributed by atoms with Gasteiger partial charge in [0, 0.05) is 0 Å². The van der Waals surface area contributed by atoms with E-state index >= 15 is 0 Å². The Bertz CT molecular complexity index is 352. The maximum Gasteiger partial charge on any atom is 0.329 e. The van der Waals surface area contributed by atoms with E-state index in [2.05, 4.69) is 5.48 Å². The molecule has 0 atom stereocenters. The zero-order chi connectivity index (χ0) is 12.2. The van der Waals surface area contributed by atoms with Crippen molar-refractivity contribution in [3.63, 3.8) is 0 Å². The van der Waals surface area contributed by atoms with Gasteiger partial charge in [0.2, 0.25) is 0 Å². The molecule has 0 aromatic heterocycles. The van der Waals surface area contributed by atoms with Crippen molar-refractivity contribution in [2.24, 2.45) is 5.41 Å². The molecule has 0 spiro atoms. The van der Waals surface area contributed by atoms with Gasteiger partial charge < -0.3 is 9.94 Å². The van der Waals surface area contributed by atoms with Gasteiger partial charge in [-0.25, -0.2) is 4.79 Å². The summed E-state index contributed by atoms with van der Waals surface area (Å²) in [5.74, 6) is -0.0817. The highest BCUT2D eigenvalue weighted by atomic mass is 16.7. The van der Waals surface area contributed by atoms with Gasteiger partial charge in [0.05, 0.1) is 12.0 Å². The lowest BCUT2D eigenvalue weighted by molar-refractivity contribution is -0.161. The van der Waals surface area contributed by atoms with Gasteiger partial charge >= 0.3 is 5.97 Å². The first-order valence-electron chi connectivity index (χ1n) is 5.11.